The number of fused-ring (bicyclic) bond motifs is 1. The number of imidazole rings is 1. The van der Waals surface area contributed by atoms with Gasteiger partial charge in [0.15, 0.2) is 5.65 Å². The number of anilines is 2. The second kappa shape index (κ2) is 9.78. The molecule has 0 aliphatic carbocycles. The number of carbonyl (C=O) groups excluding carboxylic acids is 1. The number of amides is 1. The van der Waals surface area contributed by atoms with E-state index in [1.807, 2.05) is 49.6 Å². The Labute approximate surface area is 197 Å². The SMILES string of the molecule is CC(C)(C)OC(=O)NCCCc1ccccc1Nc1ncc2ncn(-c3ccc(O)cc3)c2n1. The summed E-state index contributed by atoms with van der Waals surface area (Å²) in [4.78, 5) is 25.3. The first-order chi connectivity index (χ1) is 16.3. The summed E-state index contributed by atoms with van der Waals surface area (Å²) in [6.45, 7) is 6.03. The third-order valence-corrected chi connectivity index (χ3v) is 4.97. The molecule has 0 unspecified atom stereocenters. The highest BCUT2D eigenvalue weighted by Gasteiger charge is 2.15. The molecule has 4 aromatic rings. The molecule has 0 bridgehead atoms. The van der Waals surface area contributed by atoms with E-state index in [4.69, 9.17) is 4.74 Å². The molecule has 0 saturated carbocycles. The number of aryl methyl sites for hydroxylation is 1. The van der Waals surface area contributed by atoms with E-state index in [0.29, 0.717) is 23.7 Å². The van der Waals surface area contributed by atoms with Crippen molar-refractivity contribution < 1.29 is 14.6 Å². The van der Waals surface area contributed by atoms with Gasteiger partial charge in [-0.05, 0) is 69.5 Å². The average Bonchev–Trinajstić information content (AvgIpc) is 3.20. The summed E-state index contributed by atoms with van der Waals surface area (Å²) >= 11 is 0. The molecule has 0 atom stereocenters. The summed E-state index contributed by atoms with van der Waals surface area (Å²) < 4.78 is 7.11. The Kier molecular flexibility index (Phi) is 6.62. The Morgan fingerprint density at radius 2 is 1.85 bits per heavy atom. The summed E-state index contributed by atoms with van der Waals surface area (Å²) in [5.74, 6) is 0.649. The van der Waals surface area contributed by atoms with Crippen LogP contribution in [0.25, 0.3) is 16.9 Å². The molecule has 9 nitrogen and oxygen atoms in total. The minimum Gasteiger partial charge on any atom is -0.508 e. The van der Waals surface area contributed by atoms with Gasteiger partial charge in [-0.3, -0.25) is 4.57 Å². The van der Waals surface area contributed by atoms with Crippen LogP contribution in [-0.2, 0) is 11.2 Å². The highest BCUT2D eigenvalue weighted by Crippen LogP contribution is 2.23. The average molecular weight is 461 g/mol. The van der Waals surface area contributed by atoms with Crippen LogP contribution in [0.2, 0.25) is 0 Å². The van der Waals surface area contributed by atoms with Gasteiger partial charge in [-0.1, -0.05) is 18.2 Å². The minimum atomic E-state index is -0.515. The summed E-state index contributed by atoms with van der Waals surface area (Å²) in [6, 6.07) is 14.8. The molecular formula is C25H28N6O3. The fourth-order valence-corrected chi connectivity index (χ4v) is 3.44. The molecule has 0 spiro atoms. The number of para-hydroxylation sites is 1. The van der Waals surface area contributed by atoms with Gasteiger partial charge in [0.25, 0.3) is 0 Å². The maximum atomic E-state index is 11.8. The number of phenols is 1. The number of rotatable bonds is 7. The Morgan fingerprint density at radius 1 is 1.09 bits per heavy atom. The number of nitrogens with one attached hydrogen (secondary N) is 2. The molecule has 0 radical (unpaired) electrons. The highest BCUT2D eigenvalue weighted by molar-refractivity contribution is 5.74. The molecular weight excluding hydrogens is 432 g/mol. The van der Waals surface area contributed by atoms with Crippen LogP contribution in [0.5, 0.6) is 5.75 Å². The van der Waals surface area contributed by atoms with Crippen molar-refractivity contribution in [2.75, 3.05) is 11.9 Å². The lowest BCUT2D eigenvalue weighted by Gasteiger charge is -2.19. The van der Waals surface area contributed by atoms with Crippen LogP contribution >= 0.6 is 0 Å². The summed E-state index contributed by atoms with van der Waals surface area (Å²) in [6.07, 6.45) is 4.46. The quantitative estimate of drug-likeness (QED) is 0.342. The van der Waals surface area contributed by atoms with Gasteiger partial charge in [0.05, 0.1) is 6.20 Å². The van der Waals surface area contributed by atoms with Gasteiger partial charge in [0.2, 0.25) is 5.95 Å². The van der Waals surface area contributed by atoms with Crippen molar-refractivity contribution in [3.05, 3.63) is 66.6 Å². The van der Waals surface area contributed by atoms with E-state index >= 15 is 0 Å². The van der Waals surface area contributed by atoms with Gasteiger partial charge in [0.1, 0.15) is 23.2 Å². The Bertz CT molecular complexity index is 1280. The molecule has 9 heteroatoms. The van der Waals surface area contributed by atoms with Gasteiger partial charge in [0, 0.05) is 17.9 Å². The number of hydrogen-bond acceptors (Lipinski definition) is 7. The van der Waals surface area contributed by atoms with Crippen LogP contribution in [-0.4, -0.2) is 42.9 Å². The first-order valence-corrected chi connectivity index (χ1v) is 11.1. The molecule has 4 rings (SSSR count). The van der Waals surface area contributed by atoms with Gasteiger partial charge >= 0.3 is 6.09 Å². The number of hydrogen-bond donors (Lipinski definition) is 3. The Morgan fingerprint density at radius 3 is 2.62 bits per heavy atom. The van der Waals surface area contributed by atoms with Gasteiger partial charge in [-0.15, -0.1) is 0 Å². The van der Waals surface area contributed by atoms with Crippen molar-refractivity contribution in [2.24, 2.45) is 0 Å². The topological polar surface area (TPSA) is 114 Å². The van der Waals surface area contributed by atoms with Crippen molar-refractivity contribution in [3.8, 4) is 11.4 Å². The second-order valence-corrected chi connectivity index (χ2v) is 8.85. The number of aromatic nitrogens is 4. The zero-order valence-corrected chi connectivity index (χ0v) is 19.4. The molecule has 34 heavy (non-hydrogen) atoms. The van der Waals surface area contributed by atoms with Crippen molar-refractivity contribution in [2.45, 2.75) is 39.2 Å². The molecule has 0 saturated heterocycles. The first-order valence-electron chi connectivity index (χ1n) is 11.1. The van der Waals surface area contributed by atoms with Crippen molar-refractivity contribution >= 4 is 28.9 Å². The minimum absolute atomic E-state index is 0.197. The zero-order valence-electron chi connectivity index (χ0n) is 19.4. The molecule has 176 valence electrons. The predicted octanol–water partition coefficient (Wildman–Crippen LogP) is 4.72. The molecule has 2 aromatic carbocycles. The molecule has 0 aliphatic rings. The van der Waals surface area contributed by atoms with Crippen LogP contribution in [0.3, 0.4) is 0 Å². The number of phenolic OH excluding ortho intramolecular Hbond substituents is 1. The molecule has 2 heterocycles. The van der Waals surface area contributed by atoms with E-state index in [-0.39, 0.29) is 5.75 Å². The first kappa shape index (κ1) is 23.0. The van der Waals surface area contributed by atoms with E-state index in [9.17, 15) is 9.90 Å². The van der Waals surface area contributed by atoms with E-state index in [1.54, 1.807) is 36.8 Å². The van der Waals surface area contributed by atoms with Gasteiger partial charge in [-0.2, -0.15) is 4.98 Å². The van der Waals surface area contributed by atoms with Crippen LogP contribution < -0.4 is 10.6 Å². The zero-order chi connectivity index (χ0) is 24.1. The fourth-order valence-electron chi connectivity index (χ4n) is 3.44. The number of aromatic hydroxyl groups is 1. The van der Waals surface area contributed by atoms with Crippen LogP contribution in [0.15, 0.2) is 61.1 Å². The molecule has 0 fully saturated rings. The van der Waals surface area contributed by atoms with E-state index in [1.165, 1.54) is 0 Å². The highest BCUT2D eigenvalue weighted by atomic mass is 16.6. The van der Waals surface area contributed by atoms with Crippen molar-refractivity contribution in [3.63, 3.8) is 0 Å². The third kappa shape index (κ3) is 5.80. The van der Waals surface area contributed by atoms with Gasteiger partial charge < -0.3 is 20.5 Å². The number of nitrogens with zero attached hydrogens (tertiary/aromatic N) is 4. The molecule has 3 N–H and O–H groups in total. The van der Waals surface area contributed by atoms with Crippen molar-refractivity contribution in [1.82, 2.24) is 24.8 Å². The monoisotopic (exact) mass is 460 g/mol. The van der Waals surface area contributed by atoms with Gasteiger partial charge in [-0.25, -0.2) is 14.8 Å². The number of carbonyl (C=O) groups is 1. The maximum absolute atomic E-state index is 11.8. The van der Waals surface area contributed by atoms with E-state index < -0.39 is 11.7 Å². The lowest BCUT2D eigenvalue weighted by atomic mass is 10.1. The van der Waals surface area contributed by atoms with Crippen molar-refractivity contribution in [1.29, 1.82) is 0 Å². The smallest absolute Gasteiger partial charge is 0.407 e. The molecule has 1 amide bonds. The second-order valence-electron chi connectivity index (χ2n) is 8.85. The molecule has 2 aromatic heterocycles. The molecule has 0 aliphatic heterocycles. The Balaban J connectivity index is 1.45. The van der Waals surface area contributed by atoms with E-state index in [0.717, 1.165) is 29.8 Å². The standard InChI is InChI=1S/C25H28N6O3/c1-25(2,3)34-24(33)26-14-6-8-17-7-4-5-9-20(17)29-23-27-15-21-22(30-23)31(16-28-21)18-10-12-19(32)13-11-18/h4-5,7,9-13,15-16,32H,6,8,14H2,1-3H3,(H,26,33)(H,27,29,30). The number of benzene rings is 2. The summed E-state index contributed by atoms with van der Waals surface area (Å²) in [5, 5.41) is 15.7. The maximum Gasteiger partial charge on any atom is 0.407 e. The summed E-state index contributed by atoms with van der Waals surface area (Å²) in [7, 11) is 0. The van der Waals surface area contributed by atoms with Crippen LogP contribution in [0, 0.1) is 0 Å². The lowest BCUT2D eigenvalue weighted by molar-refractivity contribution is 0.0527. The largest absolute Gasteiger partial charge is 0.508 e. The van der Waals surface area contributed by atoms with Crippen LogP contribution in [0.4, 0.5) is 16.4 Å². The predicted molar refractivity (Wildman–Crippen MR) is 131 cm³/mol. The number of alkyl carbamates (subject to hydrolysis) is 1. The lowest BCUT2D eigenvalue weighted by Crippen LogP contribution is -2.33. The summed E-state index contributed by atoms with van der Waals surface area (Å²) in [5.41, 5.74) is 3.63. The Hall–Kier alpha value is -4.14. The van der Waals surface area contributed by atoms with Crippen LogP contribution in [0.1, 0.15) is 32.8 Å². The van der Waals surface area contributed by atoms with E-state index in [2.05, 4.69) is 25.6 Å². The fraction of sp³-hybridized carbons (Fsp3) is 0.280. The third-order valence-electron chi connectivity index (χ3n) is 4.97. The number of ether oxygens (including phenoxy) is 1. The normalized spacial score (nSPS) is 11.4.